The van der Waals surface area contributed by atoms with Crippen molar-refractivity contribution in [3.63, 3.8) is 0 Å². The van der Waals surface area contributed by atoms with Gasteiger partial charge < -0.3 is 9.88 Å². The van der Waals surface area contributed by atoms with E-state index in [4.69, 9.17) is 5.26 Å². The summed E-state index contributed by atoms with van der Waals surface area (Å²) in [6.07, 6.45) is 0. The molecular formula is C14H12F3N3. The second kappa shape index (κ2) is 5.29. The summed E-state index contributed by atoms with van der Waals surface area (Å²) in [6, 6.07) is 5.52. The molecule has 0 spiro atoms. The fraction of sp³-hybridized carbons (Fsp3) is 0.214. The van der Waals surface area contributed by atoms with E-state index < -0.39 is 17.5 Å². The lowest BCUT2D eigenvalue weighted by atomic mass is 10.2. The van der Waals surface area contributed by atoms with Crippen molar-refractivity contribution in [2.75, 3.05) is 5.32 Å². The number of anilines is 1. The minimum atomic E-state index is -1.49. The summed E-state index contributed by atoms with van der Waals surface area (Å²) in [5.41, 5.74) is 2.34. The third kappa shape index (κ3) is 2.48. The number of nitrogens with one attached hydrogen (secondary N) is 1. The number of nitrogens with zero attached hydrogens (tertiary/aromatic N) is 2. The van der Waals surface area contributed by atoms with Gasteiger partial charge in [-0.2, -0.15) is 5.26 Å². The van der Waals surface area contributed by atoms with E-state index in [9.17, 15) is 13.2 Å². The van der Waals surface area contributed by atoms with Crippen molar-refractivity contribution in [1.82, 2.24) is 4.57 Å². The SMILES string of the molecule is Cc1c(CNc2cc(F)c(F)c(F)c2)cc(C#N)n1C. The molecule has 1 heterocycles. The first-order valence-corrected chi connectivity index (χ1v) is 5.87. The van der Waals surface area contributed by atoms with Gasteiger partial charge in [0.2, 0.25) is 0 Å². The van der Waals surface area contributed by atoms with Gasteiger partial charge >= 0.3 is 0 Å². The average Bonchev–Trinajstić information content (AvgIpc) is 2.69. The molecule has 2 aromatic rings. The van der Waals surface area contributed by atoms with Crippen LogP contribution in [0.1, 0.15) is 17.0 Å². The smallest absolute Gasteiger partial charge is 0.194 e. The van der Waals surface area contributed by atoms with Crippen LogP contribution in [0.25, 0.3) is 0 Å². The Labute approximate surface area is 114 Å². The van der Waals surface area contributed by atoms with E-state index in [0.717, 1.165) is 23.4 Å². The van der Waals surface area contributed by atoms with Gasteiger partial charge in [0.25, 0.3) is 0 Å². The lowest BCUT2D eigenvalue weighted by Gasteiger charge is -2.07. The fourth-order valence-electron chi connectivity index (χ4n) is 1.90. The van der Waals surface area contributed by atoms with Crippen molar-refractivity contribution >= 4 is 5.69 Å². The van der Waals surface area contributed by atoms with Gasteiger partial charge in [0.15, 0.2) is 17.5 Å². The molecule has 20 heavy (non-hydrogen) atoms. The van der Waals surface area contributed by atoms with Gasteiger partial charge in [-0.05, 0) is 18.6 Å². The summed E-state index contributed by atoms with van der Waals surface area (Å²) in [5, 5.41) is 11.7. The van der Waals surface area contributed by atoms with Crippen molar-refractivity contribution in [3.05, 3.63) is 52.6 Å². The quantitative estimate of drug-likeness (QED) is 0.876. The Kier molecular flexibility index (Phi) is 3.70. The third-order valence-electron chi connectivity index (χ3n) is 3.22. The molecule has 0 amide bonds. The van der Waals surface area contributed by atoms with Crippen LogP contribution in [0.5, 0.6) is 0 Å². The fourth-order valence-corrected chi connectivity index (χ4v) is 1.90. The highest BCUT2D eigenvalue weighted by molar-refractivity contribution is 5.46. The summed E-state index contributed by atoms with van der Waals surface area (Å²) in [4.78, 5) is 0. The molecule has 6 heteroatoms. The standard InChI is InChI=1S/C14H12F3N3/c1-8-9(3-11(6-18)20(8)2)7-19-10-4-12(15)14(17)13(16)5-10/h3-5,19H,7H2,1-2H3. The second-order valence-corrected chi connectivity index (χ2v) is 4.42. The molecule has 0 aliphatic heterocycles. The molecule has 0 aliphatic carbocycles. The summed E-state index contributed by atoms with van der Waals surface area (Å²) >= 11 is 0. The molecule has 0 atom stereocenters. The van der Waals surface area contributed by atoms with Gasteiger partial charge in [-0.15, -0.1) is 0 Å². The predicted molar refractivity (Wildman–Crippen MR) is 68.5 cm³/mol. The van der Waals surface area contributed by atoms with Crippen molar-refractivity contribution in [1.29, 1.82) is 5.26 Å². The zero-order chi connectivity index (χ0) is 14.9. The molecule has 1 N–H and O–H groups in total. The van der Waals surface area contributed by atoms with Crippen LogP contribution >= 0.6 is 0 Å². The first-order valence-electron chi connectivity index (χ1n) is 5.87. The van der Waals surface area contributed by atoms with Crippen molar-refractivity contribution in [2.45, 2.75) is 13.5 Å². The molecule has 104 valence electrons. The van der Waals surface area contributed by atoms with Crippen molar-refractivity contribution in [3.8, 4) is 6.07 Å². The van der Waals surface area contributed by atoms with E-state index in [1.165, 1.54) is 0 Å². The maximum absolute atomic E-state index is 13.1. The number of halogens is 3. The molecule has 0 bridgehead atoms. The number of aromatic nitrogens is 1. The third-order valence-corrected chi connectivity index (χ3v) is 3.22. The maximum atomic E-state index is 13.1. The van der Waals surface area contributed by atoms with E-state index in [-0.39, 0.29) is 12.2 Å². The van der Waals surface area contributed by atoms with Crippen LogP contribution in [0.3, 0.4) is 0 Å². The topological polar surface area (TPSA) is 40.8 Å². The predicted octanol–water partition coefficient (Wildman–Crippen LogP) is 3.23. The van der Waals surface area contributed by atoms with Crippen LogP contribution < -0.4 is 5.32 Å². The minimum Gasteiger partial charge on any atom is -0.381 e. The van der Waals surface area contributed by atoms with Gasteiger partial charge in [0.05, 0.1) is 0 Å². The molecule has 0 aliphatic rings. The molecule has 0 saturated carbocycles. The lowest BCUT2D eigenvalue weighted by molar-refractivity contribution is 0.447. The zero-order valence-corrected chi connectivity index (χ0v) is 11.0. The van der Waals surface area contributed by atoms with E-state index in [2.05, 4.69) is 5.32 Å². The maximum Gasteiger partial charge on any atom is 0.194 e. The van der Waals surface area contributed by atoms with Crippen molar-refractivity contribution < 1.29 is 13.2 Å². The second-order valence-electron chi connectivity index (χ2n) is 4.42. The van der Waals surface area contributed by atoms with E-state index in [1.807, 2.05) is 13.0 Å². The average molecular weight is 279 g/mol. The Morgan fingerprint density at radius 1 is 1.20 bits per heavy atom. The van der Waals surface area contributed by atoms with Crippen LogP contribution in [-0.2, 0) is 13.6 Å². The van der Waals surface area contributed by atoms with Crippen LogP contribution in [0.2, 0.25) is 0 Å². The first kappa shape index (κ1) is 14.0. The summed E-state index contributed by atoms with van der Waals surface area (Å²) in [5.74, 6) is -3.97. The van der Waals surface area contributed by atoms with Gasteiger partial charge in [0.1, 0.15) is 11.8 Å². The molecular weight excluding hydrogens is 267 g/mol. The minimum absolute atomic E-state index is 0.142. The zero-order valence-electron chi connectivity index (χ0n) is 11.0. The van der Waals surface area contributed by atoms with Crippen molar-refractivity contribution in [2.24, 2.45) is 7.05 Å². The molecule has 0 saturated heterocycles. The summed E-state index contributed by atoms with van der Waals surface area (Å²) in [6.45, 7) is 2.12. The molecule has 3 nitrogen and oxygen atoms in total. The van der Waals surface area contributed by atoms with Gasteiger partial charge in [0, 0.05) is 37.1 Å². The Morgan fingerprint density at radius 3 is 2.30 bits per heavy atom. The Bertz CT molecular complexity index is 675. The summed E-state index contributed by atoms with van der Waals surface area (Å²) in [7, 11) is 1.76. The Balaban J connectivity index is 2.20. The van der Waals surface area contributed by atoms with E-state index in [1.54, 1.807) is 17.7 Å². The van der Waals surface area contributed by atoms with Crippen LogP contribution in [-0.4, -0.2) is 4.57 Å². The number of benzene rings is 1. The molecule has 1 aromatic carbocycles. The van der Waals surface area contributed by atoms with Crippen LogP contribution in [0, 0.1) is 35.7 Å². The van der Waals surface area contributed by atoms with E-state index in [0.29, 0.717) is 5.69 Å². The number of hydrogen-bond donors (Lipinski definition) is 1. The van der Waals surface area contributed by atoms with Crippen LogP contribution in [0.15, 0.2) is 18.2 Å². The highest BCUT2D eigenvalue weighted by Crippen LogP contribution is 2.19. The Morgan fingerprint density at radius 2 is 1.80 bits per heavy atom. The number of nitriles is 1. The van der Waals surface area contributed by atoms with E-state index >= 15 is 0 Å². The monoisotopic (exact) mass is 279 g/mol. The van der Waals surface area contributed by atoms with Gasteiger partial charge in [-0.1, -0.05) is 0 Å². The molecule has 0 unspecified atom stereocenters. The highest BCUT2D eigenvalue weighted by Gasteiger charge is 2.12. The van der Waals surface area contributed by atoms with Gasteiger partial charge in [-0.25, -0.2) is 13.2 Å². The summed E-state index contributed by atoms with van der Waals surface area (Å²) < 4.78 is 40.7. The number of hydrogen-bond acceptors (Lipinski definition) is 2. The van der Waals surface area contributed by atoms with Gasteiger partial charge in [-0.3, -0.25) is 0 Å². The molecule has 0 radical (unpaired) electrons. The molecule has 2 rings (SSSR count). The Hall–Kier alpha value is -2.42. The molecule has 1 aromatic heterocycles. The number of rotatable bonds is 3. The normalized spacial score (nSPS) is 10.4. The first-order chi connectivity index (χ1) is 9.43. The van der Waals surface area contributed by atoms with Crippen LogP contribution in [0.4, 0.5) is 18.9 Å². The largest absolute Gasteiger partial charge is 0.381 e. The molecule has 0 fully saturated rings. The lowest BCUT2D eigenvalue weighted by Crippen LogP contribution is -2.03. The highest BCUT2D eigenvalue weighted by atomic mass is 19.2.